The van der Waals surface area contributed by atoms with Crippen molar-refractivity contribution in [2.75, 3.05) is 31.7 Å². The number of rotatable bonds is 10. The number of nitrogens with one attached hydrogen (secondary N) is 1. The Morgan fingerprint density at radius 1 is 1.16 bits per heavy atom. The smallest absolute Gasteiger partial charge is 0.186 e. The first kappa shape index (κ1) is 20.1. The molecule has 2 rings (SSSR count). The Labute approximate surface area is 158 Å². The standard InChI is InChI=1S/C18H26N4OS2/c1-22(2)11-10-14(13-24-15-6-4-3-5-7-15)20-17-9-8-16(25-19)12-18(17)21-23/h3-9,12,14,20-21,23H,10-11,13,19H2,1-2H3/p+1/t14-/m1/s1. The van der Waals surface area contributed by atoms with Crippen molar-refractivity contribution in [1.29, 1.82) is 0 Å². The monoisotopic (exact) mass is 379 g/mol. The van der Waals surface area contributed by atoms with Crippen LogP contribution in [0.1, 0.15) is 6.42 Å². The molecular formula is C18H27N4OS2+. The molecule has 0 saturated heterocycles. The van der Waals surface area contributed by atoms with Gasteiger partial charge in [-0.2, -0.15) is 5.48 Å². The number of nitrogens with two attached hydrogens (primary N) is 2. The van der Waals surface area contributed by atoms with E-state index in [1.54, 1.807) is 0 Å². The van der Waals surface area contributed by atoms with Crippen molar-refractivity contribution in [3.63, 3.8) is 0 Å². The molecule has 0 aliphatic rings. The van der Waals surface area contributed by atoms with Crippen molar-refractivity contribution >= 4 is 35.1 Å². The average molecular weight is 380 g/mol. The normalized spacial score (nSPS) is 12.4. The van der Waals surface area contributed by atoms with E-state index in [0.717, 1.165) is 40.5 Å². The molecule has 0 bridgehead atoms. The van der Waals surface area contributed by atoms with E-state index in [0.29, 0.717) is 6.04 Å². The molecule has 0 aliphatic heterocycles. The van der Waals surface area contributed by atoms with Gasteiger partial charge in [0.05, 0.1) is 5.69 Å². The molecule has 2 aromatic rings. The summed E-state index contributed by atoms with van der Waals surface area (Å²) in [6.07, 6.45) is 1.02. The summed E-state index contributed by atoms with van der Waals surface area (Å²) < 4.78 is 0. The molecule has 0 unspecified atom stereocenters. The van der Waals surface area contributed by atoms with Crippen LogP contribution in [0.2, 0.25) is 0 Å². The van der Waals surface area contributed by atoms with Gasteiger partial charge >= 0.3 is 0 Å². The SMILES string of the molecule is CN(C)CC[C@H](CSc1ccccc1)Nc1ccc(SN)cc1[NH2+]O. The van der Waals surface area contributed by atoms with Crippen molar-refractivity contribution < 1.29 is 10.7 Å². The maximum atomic E-state index is 9.55. The molecule has 136 valence electrons. The first-order valence-corrected chi connectivity index (χ1v) is 10.1. The number of hydrogen-bond acceptors (Lipinski definition) is 6. The van der Waals surface area contributed by atoms with Crippen LogP contribution in [0.4, 0.5) is 11.4 Å². The third-order valence-corrected chi connectivity index (χ3v) is 5.48. The zero-order valence-electron chi connectivity index (χ0n) is 14.7. The van der Waals surface area contributed by atoms with Crippen molar-refractivity contribution in [3.05, 3.63) is 48.5 Å². The number of benzene rings is 2. The Kier molecular flexibility index (Phi) is 8.60. The van der Waals surface area contributed by atoms with Crippen LogP contribution < -0.4 is 15.9 Å². The van der Waals surface area contributed by atoms with Gasteiger partial charge in [-0.3, -0.25) is 5.14 Å². The second kappa shape index (κ2) is 10.7. The molecule has 0 spiro atoms. The molecule has 1 atom stereocenters. The summed E-state index contributed by atoms with van der Waals surface area (Å²) in [6, 6.07) is 16.6. The van der Waals surface area contributed by atoms with Crippen molar-refractivity contribution in [1.82, 2.24) is 4.90 Å². The third-order valence-electron chi connectivity index (χ3n) is 3.78. The Morgan fingerprint density at radius 2 is 1.92 bits per heavy atom. The Balaban J connectivity index is 2.06. The van der Waals surface area contributed by atoms with E-state index in [1.807, 2.05) is 36.0 Å². The molecule has 0 aromatic heterocycles. The van der Waals surface area contributed by atoms with Gasteiger partial charge in [0.2, 0.25) is 0 Å². The highest BCUT2D eigenvalue weighted by molar-refractivity contribution is 7.99. The minimum Gasteiger partial charge on any atom is -0.377 e. The molecule has 0 saturated carbocycles. The second-order valence-electron chi connectivity index (χ2n) is 6.05. The van der Waals surface area contributed by atoms with Crippen LogP contribution in [0, 0.1) is 0 Å². The summed E-state index contributed by atoms with van der Waals surface area (Å²) in [6.45, 7) is 1.00. The van der Waals surface area contributed by atoms with Gasteiger partial charge in [-0.15, -0.1) is 11.8 Å². The first-order valence-electron chi connectivity index (χ1n) is 8.19. The second-order valence-corrected chi connectivity index (χ2v) is 7.85. The van der Waals surface area contributed by atoms with Crippen molar-refractivity contribution in [2.24, 2.45) is 5.14 Å². The molecule has 0 heterocycles. The van der Waals surface area contributed by atoms with Gasteiger partial charge in [0.15, 0.2) is 5.69 Å². The zero-order valence-corrected chi connectivity index (χ0v) is 16.3. The van der Waals surface area contributed by atoms with E-state index in [4.69, 9.17) is 5.14 Å². The van der Waals surface area contributed by atoms with Gasteiger partial charge in [-0.1, -0.05) is 18.2 Å². The lowest BCUT2D eigenvalue weighted by Crippen LogP contribution is -2.74. The fourth-order valence-electron chi connectivity index (χ4n) is 2.40. The highest BCUT2D eigenvalue weighted by Crippen LogP contribution is 2.26. The summed E-state index contributed by atoms with van der Waals surface area (Å²) >= 11 is 3.02. The number of thioether (sulfide) groups is 1. The number of hydrogen-bond donors (Lipinski definition) is 4. The zero-order chi connectivity index (χ0) is 18.1. The lowest BCUT2D eigenvalue weighted by Gasteiger charge is -2.22. The topological polar surface area (TPSA) is 78.1 Å². The van der Waals surface area contributed by atoms with Gasteiger partial charge < -0.3 is 10.2 Å². The molecule has 6 N–H and O–H groups in total. The average Bonchev–Trinajstić information content (AvgIpc) is 2.64. The van der Waals surface area contributed by atoms with Crippen LogP contribution in [-0.4, -0.2) is 42.5 Å². The maximum absolute atomic E-state index is 9.55. The van der Waals surface area contributed by atoms with Crippen LogP contribution in [0.15, 0.2) is 58.3 Å². The van der Waals surface area contributed by atoms with Gasteiger partial charge in [0.1, 0.15) is 0 Å². The predicted molar refractivity (Wildman–Crippen MR) is 108 cm³/mol. The maximum Gasteiger partial charge on any atom is 0.186 e. The molecule has 0 fully saturated rings. The van der Waals surface area contributed by atoms with Crippen LogP contribution in [0.3, 0.4) is 0 Å². The molecule has 5 nitrogen and oxygen atoms in total. The minimum absolute atomic E-state index is 0.294. The van der Waals surface area contributed by atoms with Crippen LogP contribution >= 0.6 is 23.7 Å². The van der Waals surface area contributed by atoms with E-state index in [1.165, 1.54) is 16.8 Å². The lowest BCUT2D eigenvalue weighted by atomic mass is 10.2. The summed E-state index contributed by atoms with van der Waals surface area (Å²) in [5, 5.41) is 18.7. The number of quaternary nitrogens is 1. The molecular weight excluding hydrogens is 352 g/mol. The van der Waals surface area contributed by atoms with Crippen LogP contribution in [0.5, 0.6) is 0 Å². The fraction of sp³-hybridized carbons (Fsp3) is 0.333. The third kappa shape index (κ3) is 6.89. The highest BCUT2D eigenvalue weighted by Gasteiger charge is 2.14. The Bertz CT molecular complexity index is 640. The van der Waals surface area contributed by atoms with Gasteiger partial charge in [0, 0.05) is 27.7 Å². The number of nitrogens with zero attached hydrogens (tertiary/aromatic N) is 1. The summed E-state index contributed by atoms with van der Waals surface area (Å²) in [7, 11) is 4.17. The lowest BCUT2D eigenvalue weighted by molar-refractivity contribution is -0.825. The highest BCUT2D eigenvalue weighted by atomic mass is 32.2. The van der Waals surface area contributed by atoms with E-state index in [2.05, 4.69) is 48.6 Å². The first-order chi connectivity index (χ1) is 12.1. The largest absolute Gasteiger partial charge is 0.377 e. The van der Waals surface area contributed by atoms with E-state index >= 15 is 0 Å². The van der Waals surface area contributed by atoms with E-state index in [-0.39, 0.29) is 0 Å². The van der Waals surface area contributed by atoms with E-state index < -0.39 is 0 Å². The molecule has 0 amide bonds. The predicted octanol–water partition coefficient (Wildman–Crippen LogP) is 2.76. The molecule has 0 radical (unpaired) electrons. The van der Waals surface area contributed by atoms with Gasteiger partial charge in [-0.05, 0) is 63.3 Å². The Hall–Kier alpha value is -1.22. The summed E-state index contributed by atoms with van der Waals surface area (Å²) in [5.41, 5.74) is 2.82. The van der Waals surface area contributed by atoms with Gasteiger partial charge in [-0.25, -0.2) is 5.21 Å². The van der Waals surface area contributed by atoms with Gasteiger partial charge in [0.25, 0.3) is 0 Å². The summed E-state index contributed by atoms with van der Waals surface area (Å²) in [4.78, 5) is 4.38. The summed E-state index contributed by atoms with van der Waals surface area (Å²) in [5.74, 6) is 0.954. The quantitative estimate of drug-likeness (QED) is 0.220. The molecule has 0 aliphatic carbocycles. The fourth-order valence-corrected chi connectivity index (χ4v) is 3.73. The van der Waals surface area contributed by atoms with E-state index in [9.17, 15) is 5.21 Å². The van der Waals surface area contributed by atoms with Crippen LogP contribution in [0.25, 0.3) is 0 Å². The van der Waals surface area contributed by atoms with Crippen LogP contribution in [-0.2, 0) is 0 Å². The Morgan fingerprint density at radius 3 is 2.56 bits per heavy atom. The van der Waals surface area contributed by atoms with Crippen molar-refractivity contribution in [2.45, 2.75) is 22.3 Å². The molecule has 2 aromatic carbocycles. The van der Waals surface area contributed by atoms with Crippen molar-refractivity contribution in [3.8, 4) is 0 Å². The molecule has 25 heavy (non-hydrogen) atoms. The minimum atomic E-state index is 0.294. The number of anilines is 1. The molecule has 7 heteroatoms.